The molecule has 18 heavy (non-hydrogen) atoms. The Morgan fingerprint density at radius 2 is 1.94 bits per heavy atom. The number of rotatable bonds is 2. The van der Waals surface area contributed by atoms with Gasteiger partial charge in [-0.05, 0) is 30.7 Å². The predicted molar refractivity (Wildman–Crippen MR) is 68.0 cm³/mol. The van der Waals surface area contributed by atoms with Crippen molar-refractivity contribution in [1.29, 1.82) is 0 Å². The van der Waals surface area contributed by atoms with E-state index >= 15 is 0 Å². The van der Waals surface area contributed by atoms with E-state index in [1.54, 1.807) is 0 Å². The number of nitrogens with two attached hydrogens (primary N) is 1. The topological polar surface area (TPSA) is 50.9 Å². The molecule has 2 rings (SSSR count). The SMILES string of the molecule is Cc1ccc(F)c(Nc2nc(Cl)ccc2N)c1F. The third-order valence-corrected chi connectivity index (χ3v) is 2.63. The van der Waals surface area contributed by atoms with Crippen LogP contribution in [0.1, 0.15) is 5.56 Å². The van der Waals surface area contributed by atoms with Crippen LogP contribution in [0.4, 0.5) is 26.0 Å². The van der Waals surface area contributed by atoms with Crippen LogP contribution in [0.2, 0.25) is 5.15 Å². The number of pyridine rings is 1. The third-order valence-electron chi connectivity index (χ3n) is 2.42. The van der Waals surface area contributed by atoms with Gasteiger partial charge in [-0.15, -0.1) is 0 Å². The zero-order chi connectivity index (χ0) is 13.3. The normalized spacial score (nSPS) is 10.4. The van der Waals surface area contributed by atoms with E-state index in [0.29, 0.717) is 5.56 Å². The Kier molecular flexibility index (Phi) is 3.34. The Hall–Kier alpha value is -1.88. The lowest BCUT2D eigenvalue weighted by Crippen LogP contribution is -2.04. The molecule has 0 amide bonds. The van der Waals surface area contributed by atoms with E-state index in [4.69, 9.17) is 17.3 Å². The highest BCUT2D eigenvalue weighted by atomic mass is 35.5. The molecule has 3 nitrogen and oxygen atoms in total. The zero-order valence-corrected chi connectivity index (χ0v) is 10.2. The molecule has 0 aliphatic heterocycles. The van der Waals surface area contributed by atoms with Gasteiger partial charge in [0, 0.05) is 0 Å². The Morgan fingerprint density at radius 3 is 2.67 bits per heavy atom. The number of benzene rings is 1. The van der Waals surface area contributed by atoms with Gasteiger partial charge in [-0.2, -0.15) is 0 Å². The van der Waals surface area contributed by atoms with E-state index in [-0.39, 0.29) is 22.3 Å². The first-order chi connectivity index (χ1) is 8.49. The second-order valence-corrected chi connectivity index (χ2v) is 4.14. The molecule has 1 heterocycles. The monoisotopic (exact) mass is 269 g/mol. The number of aromatic nitrogens is 1. The molecule has 1 aromatic carbocycles. The van der Waals surface area contributed by atoms with E-state index in [2.05, 4.69) is 10.3 Å². The van der Waals surface area contributed by atoms with Crippen LogP contribution in [0.15, 0.2) is 24.3 Å². The average molecular weight is 270 g/mol. The van der Waals surface area contributed by atoms with Crippen molar-refractivity contribution in [3.05, 3.63) is 46.6 Å². The number of nitrogens with zero attached hydrogens (tertiary/aromatic N) is 1. The van der Waals surface area contributed by atoms with Gasteiger partial charge < -0.3 is 11.1 Å². The highest BCUT2D eigenvalue weighted by molar-refractivity contribution is 6.29. The molecule has 94 valence electrons. The average Bonchev–Trinajstić information content (AvgIpc) is 2.34. The molecule has 0 bridgehead atoms. The summed E-state index contributed by atoms with van der Waals surface area (Å²) in [6.07, 6.45) is 0. The molecule has 0 unspecified atom stereocenters. The van der Waals surface area contributed by atoms with Crippen LogP contribution >= 0.6 is 11.6 Å². The van der Waals surface area contributed by atoms with E-state index in [1.165, 1.54) is 31.2 Å². The number of hydrogen-bond donors (Lipinski definition) is 2. The lowest BCUT2D eigenvalue weighted by atomic mass is 10.2. The van der Waals surface area contributed by atoms with E-state index < -0.39 is 11.6 Å². The molecular weight excluding hydrogens is 260 g/mol. The fraction of sp³-hybridized carbons (Fsp3) is 0.0833. The minimum absolute atomic E-state index is 0.117. The maximum atomic E-state index is 13.8. The van der Waals surface area contributed by atoms with Crippen molar-refractivity contribution >= 4 is 28.8 Å². The van der Waals surface area contributed by atoms with Crippen molar-refractivity contribution < 1.29 is 8.78 Å². The standard InChI is InChI=1S/C12H10ClF2N3/c1-6-2-3-7(14)11(10(6)15)18-12-8(16)4-5-9(13)17-12/h2-5H,16H2,1H3,(H,17,18). The highest BCUT2D eigenvalue weighted by Crippen LogP contribution is 2.28. The molecule has 3 N–H and O–H groups in total. The van der Waals surface area contributed by atoms with Crippen LogP contribution < -0.4 is 11.1 Å². The minimum Gasteiger partial charge on any atom is -0.396 e. The molecular formula is C12H10ClF2N3. The zero-order valence-electron chi connectivity index (χ0n) is 9.47. The van der Waals surface area contributed by atoms with Crippen LogP contribution in [0.3, 0.4) is 0 Å². The van der Waals surface area contributed by atoms with Gasteiger partial charge in [0.25, 0.3) is 0 Å². The van der Waals surface area contributed by atoms with E-state index in [0.717, 1.165) is 0 Å². The Morgan fingerprint density at radius 1 is 1.22 bits per heavy atom. The number of nitrogen functional groups attached to an aromatic ring is 1. The van der Waals surface area contributed by atoms with Crippen LogP contribution in [0, 0.1) is 18.6 Å². The second kappa shape index (κ2) is 4.78. The molecule has 6 heteroatoms. The number of hydrogen-bond acceptors (Lipinski definition) is 3. The first kappa shape index (κ1) is 12.6. The Labute approximate surface area is 108 Å². The maximum Gasteiger partial charge on any atom is 0.155 e. The Balaban J connectivity index is 2.46. The van der Waals surface area contributed by atoms with Crippen molar-refractivity contribution in [3.63, 3.8) is 0 Å². The smallest absolute Gasteiger partial charge is 0.155 e. The van der Waals surface area contributed by atoms with Gasteiger partial charge in [0.05, 0.1) is 5.69 Å². The molecule has 0 radical (unpaired) electrons. The van der Waals surface area contributed by atoms with Crippen molar-refractivity contribution in [2.75, 3.05) is 11.1 Å². The molecule has 1 aromatic heterocycles. The van der Waals surface area contributed by atoms with Gasteiger partial charge in [0.2, 0.25) is 0 Å². The summed E-state index contributed by atoms with van der Waals surface area (Å²) in [6.45, 7) is 1.54. The quantitative estimate of drug-likeness (QED) is 0.818. The second-order valence-electron chi connectivity index (χ2n) is 3.75. The van der Waals surface area contributed by atoms with Crippen LogP contribution in [0.5, 0.6) is 0 Å². The van der Waals surface area contributed by atoms with Crippen molar-refractivity contribution in [2.24, 2.45) is 0 Å². The number of nitrogens with one attached hydrogen (secondary N) is 1. The fourth-order valence-corrected chi connectivity index (χ4v) is 1.58. The number of anilines is 3. The van der Waals surface area contributed by atoms with Crippen molar-refractivity contribution in [2.45, 2.75) is 6.92 Å². The van der Waals surface area contributed by atoms with Gasteiger partial charge in [0.1, 0.15) is 16.7 Å². The lowest BCUT2D eigenvalue weighted by molar-refractivity contribution is 0.585. The molecule has 0 aliphatic carbocycles. The summed E-state index contributed by atoms with van der Waals surface area (Å²) < 4.78 is 27.3. The molecule has 0 spiro atoms. The summed E-state index contributed by atoms with van der Waals surface area (Å²) in [4.78, 5) is 3.88. The van der Waals surface area contributed by atoms with E-state index in [9.17, 15) is 8.78 Å². The maximum absolute atomic E-state index is 13.8. The highest BCUT2D eigenvalue weighted by Gasteiger charge is 2.13. The van der Waals surface area contributed by atoms with Gasteiger partial charge in [-0.3, -0.25) is 0 Å². The molecule has 2 aromatic rings. The summed E-state index contributed by atoms with van der Waals surface area (Å²) in [5.74, 6) is -1.29. The van der Waals surface area contributed by atoms with Gasteiger partial charge in [-0.1, -0.05) is 17.7 Å². The first-order valence-electron chi connectivity index (χ1n) is 5.12. The molecule has 0 saturated carbocycles. The molecule has 0 saturated heterocycles. The summed E-state index contributed by atoms with van der Waals surface area (Å²) in [5.41, 5.74) is 5.92. The largest absolute Gasteiger partial charge is 0.396 e. The van der Waals surface area contributed by atoms with Gasteiger partial charge >= 0.3 is 0 Å². The van der Waals surface area contributed by atoms with Crippen LogP contribution in [-0.2, 0) is 0 Å². The predicted octanol–water partition coefficient (Wildman–Crippen LogP) is 3.65. The first-order valence-corrected chi connectivity index (χ1v) is 5.50. The minimum atomic E-state index is -0.723. The lowest BCUT2D eigenvalue weighted by Gasteiger charge is -2.11. The number of halogens is 3. The summed E-state index contributed by atoms with van der Waals surface area (Å²) >= 11 is 5.70. The van der Waals surface area contributed by atoms with E-state index in [1.807, 2.05) is 0 Å². The fourth-order valence-electron chi connectivity index (χ4n) is 1.44. The third kappa shape index (κ3) is 2.36. The van der Waals surface area contributed by atoms with Crippen LogP contribution in [-0.4, -0.2) is 4.98 Å². The Bertz CT molecular complexity index is 602. The van der Waals surface area contributed by atoms with Crippen molar-refractivity contribution in [3.8, 4) is 0 Å². The number of aryl methyl sites for hydroxylation is 1. The summed E-state index contributed by atoms with van der Waals surface area (Å²) in [7, 11) is 0. The molecule has 0 aliphatic rings. The van der Waals surface area contributed by atoms with Crippen molar-refractivity contribution in [1.82, 2.24) is 4.98 Å². The van der Waals surface area contributed by atoms with Gasteiger partial charge in [-0.25, -0.2) is 13.8 Å². The van der Waals surface area contributed by atoms with Gasteiger partial charge in [0.15, 0.2) is 11.6 Å². The molecule has 0 fully saturated rings. The molecule has 0 atom stereocenters. The summed E-state index contributed by atoms with van der Waals surface area (Å²) in [6, 6.07) is 5.51. The summed E-state index contributed by atoms with van der Waals surface area (Å²) in [5, 5.41) is 2.70. The van der Waals surface area contributed by atoms with Crippen LogP contribution in [0.25, 0.3) is 0 Å².